The van der Waals surface area contributed by atoms with Gasteiger partial charge in [-0.3, -0.25) is 4.57 Å². The van der Waals surface area contributed by atoms with Gasteiger partial charge in [0.05, 0.1) is 17.7 Å². The van der Waals surface area contributed by atoms with E-state index in [0.29, 0.717) is 6.67 Å². The highest BCUT2D eigenvalue weighted by molar-refractivity contribution is 7.20. The van der Waals surface area contributed by atoms with Crippen molar-refractivity contribution < 1.29 is 4.74 Å². The molecule has 0 aliphatic carbocycles. The van der Waals surface area contributed by atoms with E-state index >= 15 is 0 Å². The number of anilines is 2. The molecule has 13 rings (SSSR count). The van der Waals surface area contributed by atoms with E-state index in [1.54, 1.807) is 0 Å². The first-order valence-electron chi connectivity index (χ1n) is 25.6. The van der Waals surface area contributed by atoms with E-state index in [0.717, 1.165) is 50.5 Å². The molecule has 3 heterocycles. The average Bonchev–Trinajstić information content (AvgIpc) is 4.12. The van der Waals surface area contributed by atoms with Crippen molar-refractivity contribution in [3.05, 3.63) is 304 Å². The first kappa shape index (κ1) is 45.6. The minimum absolute atomic E-state index is 0.657. The number of pyridine rings is 1. The second-order valence-corrected chi connectivity index (χ2v) is 26.8. The van der Waals surface area contributed by atoms with Gasteiger partial charge in [0.2, 0.25) is 0 Å². The van der Waals surface area contributed by atoms with Crippen molar-refractivity contribution in [2.75, 3.05) is 16.5 Å². The lowest BCUT2D eigenvalue weighted by atomic mass is 10.1. The van der Waals surface area contributed by atoms with E-state index in [1.807, 2.05) is 6.20 Å². The first-order chi connectivity index (χ1) is 37.2. The lowest BCUT2D eigenvalue weighted by Crippen LogP contribution is -2.74. The van der Waals surface area contributed by atoms with Gasteiger partial charge in [0, 0.05) is 52.9 Å². The zero-order valence-electron chi connectivity index (χ0n) is 41.3. The molecule has 0 saturated heterocycles. The second-order valence-electron chi connectivity index (χ2n) is 19.2. The van der Waals surface area contributed by atoms with Gasteiger partial charge in [-0.2, -0.15) is 0 Å². The van der Waals surface area contributed by atoms with E-state index in [-0.39, 0.29) is 0 Å². The summed E-state index contributed by atoms with van der Waals surface area (Å²) in [5, 5.41) is 12.6. The van der Waals surface area contributed by atoms with Crippen LogP contribution in [0.4, 0.5) is 11.4 Å². The Morgan fingerprint density at radius 3 is 1.28 bits per heavy atom. The Balaban J connectivity index is 0.993. The Morgan fingerprint density at radius 2 is 0.760 bits per heavy atom. The van der Waals surface area contributed by atoms with Crippen LogP contribution in [-0.4, -0.2) is 32.4 Å². The van der Waals surface area contributed by atoms with Crippen LogP contribution in [0.5, 0.6) is 11.5 Å². The summed E-state index contributed by atoms with van der Waals surface area (Å²) in [7, 11) is -5.84. The molecule has 0 bridgehead atoms. The van der Waals surface area contributed by atoms with Gasteiger partial charge < -0.3 is 14.5 Å². The second kappa shape index (κ2) is 19.6. The van der Waals surface area contributed by atoms with Crippen molar-refractivity contribution in [2.45, 2.75) is 0 Å². The molecule has 0 fully saturated rings. The maximum atomic E-state index is 7.31. The van der Waals surface area contributed by atoms with Gasteiger partial charge in [-0.25, -0.2) is 4.98 Å². The van der Waals surface area contributed by atoms with Gasteiger partial charge in [0.25, 0.3) is 0 Å². The topological polar surface area (TPSA) is 33.5 Å². The quantitative estimate of drug-likeness (QED) is 0.0852. The largest absolute Gasteiger partial charge is 0.457 e. The normalized spacial score (nSPS) is 12.6. The van der Waals surface area contributed by atoms with Crippen LogP contribution in [-0.2, 0) is 0 Å². The van der Waals surface area contributed by atoms with E-state index < -0.39 is 16.1 Å². The number of para-hydroxylation sites is 2. The van der Waals surface area contributed by atoms with Gasteiger partial charge in [0.1, 0.15) is 17.3 Å². The molecule has 1 aliphatic rings. The van der Waals surface area contributed by atoms with Crippen molar-refractivity contribution in [3.8, 4) is 17.3 Å². The van der Waals surface area contributed by atoms with Crippen LogP contribution in [0, 0.1) is 0 Å². The monoisotopic (exact) mass is 996 g/mol. The third-order valence-corrected chi connectivity index (χ3v) is 24.5. The Kier molecular flexibility index (Phi) is 11.9. The Morgan fingerprint density at radius 1 is 0.320 bits per heavy atom. The summed E-state index contributed by atoms with van der Waals surface area (Å²) in [6, 6.07) is 104. The summed E-state index contributed by atoms with van der Waals surface area (Å²) in [6.45, 7) is 0.657. The number of ether oxygens (including phenoxy) is 1. The predicted molar refractivity (Wildman–Crippen MR) is 318 cm³/mol. The maximum absolute atomic E-state index is 7.31. The molecule has 0 radical (unpaired) electrons. The highest BCUT2D eigenvalue weighted by Crippen LogP contribution is 2.36. The fourth-order valence-electron chi connectivity index (χ4n) is 11.7. The number of hydrogen-bond acceptors (Lipinski definition) is 4. The Bertz CT molecular complexity index is 3760. The summed E-state index contributed by atoms with van der Waals surface area (Å²) in [6.07, 6.45) is 6.35. The number of hydrogen-bond donors (Lipinski definition) is 0. The molecule has 2 aromatic heterocycles. The van der Waals surface area contributed by atoms with Crippen molar-refractivity contribution in [2.24, 2.45) is 0 Å². The van der Waals surface area contributed by atoms with Crippen LogP contribution in [0.3, 0.4) is 0 Å². The van der Waals surface area contributed by atoms with E-state index in [4.69, 9.17) is 9.72 Å². The molecule has 1 aliphatic heterocycles. The molecule has 75 heavy (non-hydrogen) atoms. The molecule has 12 aromatic rings. The SMILES string of the molecule is C1=CN(c2cc(Oc3ccc4c5ccccc5n(-c5cc([Si](c6ccccc6)(c6ccccc6)c6ccccc6)ccn5)c4c3)cc([Si](c3ccccc3)(c3ccccc3)c3ccccc3)c2)CN1c1ccccc1. The molecule has 0 amide bonds. The minimum atomic E-state index is -2.98. The number of fused-ring (bicyclic) bond motifs is 3. The van der Waals surface area contributed by atoms with Crippen LogP contribution in [0.15, 0.2) is 304 Å². The van der Waals surface area contributed by atoms with Crippen LogP contribution in [0.2, 0.25) is 0 Å². The molecule has 10 aromatic carbocycles. The molecule has 0 N–H and O–H groups in total. The van der Waals surface area contributed by atoms with E-state index in [1.165, 1.54) is 41.5 Å². The molecule has 358 valence electrons. The zero-order valence-corrected chi connectivity index (χ0v) is 43.3. The highest BCUT2D eigenvalue weighted by atomic mass is 28.3. The summed E-state index contributed by atoms with van der Waals surface area (Å²) >= 11 is 0. The number of aromatic nitrogens is 2. The first-order valence-corrected chi connectivity index (χ1v) is 29.6. The number of nitrogens with zero attached hydrogens (tertiary/aromatic N) is 4. The average molecular weight is 997 g/mol. The summed E-state index contributed by atoms with van der Waals surface area (Å²) < 4.78 is 9.64. The Hall–Kier alpha value is -9.28. The molecule has 0 atom stereocenters. The summed E-state index contributed by atoms with van der Waals surface area (Å²) in [4.78, 5) is 9.84. The number of benzene rings is 10. The highest BCUT2D eigenvalue weighted by Gasteiger charge is 2.43. The molecule has 0 spiro atoms. The molecule has 0 saturated carbocycles. The van der Waals surface area contributed by atoms with Crippen LogP contribution in [0.1, 0.15) is 0 Å². The van der Waals surface area contributed by atoms with Crippen molar-refractivity contribution in [1.29, 1.82) is 0 Å². The molecular formula is C68H52N4OSi2. The summed E-state index contributed by atoms with van der Waals surface area (Å²) in [5.74, 6) is 2.36. The van der Waals surface area contributed by atoms with Gasteiger partial charge in [-0.15, -0.1) is 0 Å². The molecule has 5 nitrogen and oxygen atoms in total. The van der Waals surface area contributed by atoms with E-state index in [2.05, 4.69) is 312 Å². The minimum Gasteiger partial charge on any atom is -0.457 e. The molecule has 0 unspecified atom stereocenters. The lowest BCUT2D eigenvalue weighted by molar-refractivity contribution is 0.484. The third kappa shape index (κ3) is 8.06. The fourth-order valence-corrected chi connectivity index (χ4v) is 21.2. The van der Waals surface area contributed by atoms with Gasteiger partial charge in [-0.1, -0.05) is 218 Å². The van der Waals surface area contributed by atoms with Crippen molar-refractivity contribution in [1.82, 2.24) is 9.55 Å². The van der Waals surface area contributed by atoms with Crippen LogP contribution >= 0.6 is 0 Å². The fraction of sp³-hybridized carbons (Fsp3) is 0.0147. The van der Waals surface area contributed by atoms with E-state index in [9.17, 15) is 0 Å². The molecular weight excluding hydrogens is 945 g/mol. The standard InChI is InChI=1S/C68H52N4OSi2/c1-8-24-52(25-9-1)70-44-45-71(51-70)53-46-55(48-63(47-53)75(59-32-16-5-17-33-59,60-34-18-6-19-35-60)61-36-20-7-21-37-61)73-54-40-41-65-64-38-22-23-39-66(64)72(67(65)49-54)68-50-62(42-43-69-68)74(56-26-10-2-11-27-56,57-28-12-3-13-29-57)58-30-14-4-15-31-58/h1-50H,51H2. The zero-order chi connectivity index (χ0) is 50.0. The predicted octanol–water partition coefficient (Wildman–Crippen LogP) is 10.5. The van der Waals surface area contributed by atoms with Gasteiger partial charge in [-0.05, 0) is 96.1 Å². The maximum Gasteiger partial charge on any atom is 0.179 e. The smallest absolute Gasteiger partial charge is 0.179 e. The number of rotatable bonds is 13. The van der Waals surface area contributed by atoms with Crippen molar-refractivity contribution >= 4 is 90.8 Å². The summed E-state index contributed by atoms with van der Waals surface area (Å²) in [5.41, 5.74) is 4.29. The van der Waals surface area contributed by atoms with Crippen LogP contribution < -0.4 is 56.0 Å². The van der Waals surface area contributed by atoms with Gasteiger partial charge in [0.15, 0.2) is 16.1 Å². The Labute approximate surface area is 440 Å². The third-order valence-electron chi connectivity index (χ3n) is 15.0. The van der Waals surface area contributed by atoms with Crippen molar-refractivity contribution in [3.63, 3.8) is 0 Å². The van der Waals surface area contributed by atoms with Gasteiger partial charge >= 0.3 is 0 Å². The molecule has 7 heteroatoms. The van der Waals surface area contributed by atoms with Crippen LogP contribution in [0.25, 0.3) is 27.6 Å². The lowest BCUT2D eigenvalue weighted by Gasteiger charge is -2.35.